The van der Waals surface area contributed by atoms with Gasteiger partial charge >= 0.3 is 0 Å². The maximum absolute atomic E-state index is 12.6. The molecule has 0 radical (unpaired) electrons. The summed E-state index contributed by atoms with van der Waals surface area (Å²) >= 11 is 0. The van der Waals surface area contributed by atoms with Gasteiger partial charge in [-0.1, -0.05) is 55.3 Å². The summed E-state index contributed by atoms with van der Waals surface area (Å²) in [4.78, 5) is 12.6. The second kappa shape index (κ2) is 8.88. The van der Waals surface area contributed by atoms with E-state index in [0.29, 0.717) is 25.1 Å². The van der Waals surface area contributed by atoms with Crippen LogP contribution >= 0.6 is 0 Å². The van der Waals surface area contributed by atoms with E-state index in [2.05, 4.69) is 34.3 Å². The van der Waals surface area contributed by atoms with Crippen LogP contribution in [0.5, 0.6) is 0 Å². The predicted octanol–water partition coefficient (Wildman–Crippen LogP) is 3.02. The second-order valence-corrected chi connectivity index (χ2v) is 9.48. The highest BCUT2D eigenvalue weighted by molar-refractivity contribution is 7.88. The lowest BCUT2D eigenvalue weighted by Crippen LogP contribution is -2.39. The minimum atomic E-state index is -3.17. The van der Waals surface area contributed by atoms with Crippen molar-refractivity contribution in [3.05, 3.63) is 71.3 Å². The van der Waals surface area contributed by atoms with Crippen LogP contribution in [0, 0.1) is 0 Å². The van der Waals surface area contributed by atoms with Gasteiger partial charge in [0.15, 0.2) is 0 Å². The fourth-order valence-corrected chi connectivity index (χ4v) is 4.44. The highest BCUT2D eigenvalue weighted by atomic mass is 32.2. The quantitative estimate of drug-likeness (QED) is 0.715. The van der Waals surface area contributed by atoms with Gasteiger partial charge in [-0.25, -0.2) is 13.1 Å². The van der Waals surface area contributed by atoms with Gasteiger partial charge in [-0.2, -0.15) is 0 Å². The summed E-state index contributed by atoms with van der Waals surface area (Å²) in [5.41, 5.74) is 2.96. The standard InChI is InChI=1S/C22H28N2O3S/c1-28(26,27)24-16-13-18-9-11-19(12-10-18)21(25)23-17-22(14-5-6-15-22)20-7-3-2-4-8-20/h2-4,7-12,24H,5-6,13-17H2,1H3,(H,23,25). The lowest BCUT2D eigenvalue weighted by atomic mass is 9.79. The Bertz CT molecular complexity index is 887. The fraction of sp³-hybridized carbons (Fsp3) is 0.409. The molecule has 1 saturated carbocycles. The van der Waals surface area contributed by atoms with Crippen molar-refractivity contribution >= 4 is 15.9 Å². The summed E-state index contributed by atoms with van der Waals surface area (Å²) in [6, 6.07) is 17.8. The molecule has 0 heterocycles. The minimum Gasteiger partial charge on any atom is -0.351 e. The molecule has 3 rings (SSSR count). The molecule has 0 atom stereocenters. The van der Waals surface area contributed by atoms with Crippen molar-refractivity contribution in [3.8, 4) is 0 Å². The number of rotatable bonds is 8. The van der Waals surface area contributed by atoms with E-state index in [1.54, 1.807) is 12.1 Å². The summed E-state index contributed by atoms with van der Waals surface area (Å²) in [5.74, 6) is -0.0667. The third kappa shape index (κ3) is 5.42. The van der Waals surface area contributed by atoms with E-state index in [1.807, 2.05) is 18.2 Å². The van der Waals surface area contributed by atoms with Gasteiger partial charge in [0.2, 0.25) is 10.0 Å². The van der Waals surface area contributed by atoms with Crippen molar-refractivity contribution in [2.45, 2.75) is 37.5 Å². The number of amides is 1. The summed E-state index contributed by atoms with van der Waals surface area (Å²) < 4.78 is 24.7. The van der Waals surface area contributed by atoms with E-state index in [1.165, 1.54) is 18.4 Å². The third-order valence-corrected chi connectivity index (χ3v) is 6.26. The average molecular weight is 401 g/mol. The lowest BCUT2D eigenvalue weighted by molar-refractivity contribution is 0.0943. The number of benzene rings is 2. The van der Waals surface area contributed by atoms with Gasteiger partial charge in [0.25, 0.3) is 5.91 Å². The van der Waals surface area contributed by atoms with Crippen LogP contribution in [-0.2, 0) is 21.9 Å². The topological polar surface area (TPSA) is 75.3 Å². The molecule has 1 fully saturated rings. The van der Waals surface area contributed by atoms with Crippen LogP contribution in [0.1, 0.15) is 47.2 Å². The van der Waals surface area contributed by atoms with Crippen molar-refractivity contribution in [1.82, 2.24) is 10.0 Å². The number of nitrogens with one attached hydrogen (secondary N) is 2. The van der Waals surface area contributed by atoms with Crippen LogP contribution in [0.4, 0.5) is 0 Å². The van der Waals surface area contributed by atoms with Crippen molar-refractivity contribution in [3.63, 3.8) is 0 Å². The Hall–Kier alpha value is -2.18. The molecule has 1 aliphatic carbocycles. The number of hydrogen-bond acceptors (Lipinski definition) is 3. The summed E-state index contributed by atoms with van der Waals surface area (Å²) in [7, 11) is -3.17. The van der Waals surface area contributed by atoms with Gasteiger partial charge in [-0.3, -0.25) is 4.79 Å². The van der Waals surface area contributed by atoms with Crippen LogP contribution in [0.15, 0.2) is 54.6 Å². The van der Waals surface area contributed by atoms with Gasteiger partial charge in [-0.15, -0.1) is 0 Å². The summed E-state index contributed by atoms with van der Waals surface area (Å²) in [5, 5.41) is 3.13. The molecule has 0 saturated heterocycles. The predicted molar refractivity (Wildman–Crippen MR) is 112 cm³/mol. The number of carbonyl (C=O) groups is 1. The van der Waals surface area contributed by atoms with Crippen LogP contribution in [-0.4, -0.2) is 33.7 Å². The summed E-state index contributed by atoms with van der Waals surface area (Å²) in [6.07, 6.45) is 6.33. The molecule has 0 spiro atoms. The molecule has 0 unspecified atom stereocenters. The average Bonchev–Trinajstić information content (AvgIpc) is 3.17. The maximum atomic E-state index is 12.6. The number of sulfonamides is 1. The molecular formula is C22H28N2O3S. The lowest BCUT2D eigenvalue weighted by Gasteiger charge is -2.30. The first-order valence-corrected chi connectivity index (χ1v) is 11.6. The Balaban J connectivity index is 1.58. The van der Waals surface area contributed by atoms with Gasteiger partial charge in [0.1, 0.15) is 0 Å². The van der Waals surface area contributed by atoms with Crippen molar-refractivity contribution < 1.29 is 13.2 Å². The monoisotopic (exact) mass is 400 g/mol. The molecule has 1 amide bonds. The van der Waals surface area contributed by atoms with Crippen LogP contribution in [0.25, 0.3) is 0 Å². The molecule has 2 aromatic carbocycles. The molecular weight excluding hydrogens is 372 g/mol. The van der Waals surface area contributed by atoms with E-state index in [0.717, 1.165) is 24.7 Å². The van der Waals surface area contributed by atoms with Crippen molar-refractivity contribution in [2.75, 3.05) is 19.3 Å². The molecule has 28 heavy (non-hydrogen) atoms. The van der Waals surface area contributed by atoms with Crippen LogP contribution in [0.3, 0.4) is 0 Å². The highest BCUT2D eigenvalue weighted by Crippen LogP contribution is 2.40. The second-order valence-electron chi connectivity index (χ2n) is 7.65. The number of carbonyl (C=O) groups excluding carboxylic acids is 1. The van der Waals surface area contributed by atoms with Gasteiger partial charge in [0, 0.05) is 24.1 Å². The van der Waals surface area contributed by atoms with E-state index >= 15 is 0 Å². The Labute approximate surface area is 167 Å². The Morgan fingerprint density at radius 2 is 1.64 bits per heavy atom. The zero-order valence-corrected chi connectivity index (χ0v) is 17.1. The molecule has 150 valence electrons. The fourth-order valence-electron chi connectivity index (χ4n) is 3.97. The Kier molecular flexibility index (Phi) is 6.52. The van der Waals surface area contributed by atoms with Crippen molar-refractivity contribution in [1.29, 1.82) is 0 Å². The summed E-state index contributed by atoms with van der Waals surface area (Å²) in [6.45, 7) is 1.000. The molecule has 2 aromatic rings. The van der Waals surface area contributed by atoms with Crippen LogP contribution < -0.4 is 10.0 Å². The SMILES string of the molecule is CS(=O)(=O)NCCc1ccc(C(=O)NCC2(c3ccccc3)CCCC2)cc1. The first kappa shape index (κ1) is 20.6. The largest absolute Gasteiger partial charge is 0.351 e. The first-order valence-electron chi connectivity index (χ1n) is 9.75. The van der Waals surface area contributed by atoms with E-state index in [9.17, 15) is 13.2 Å². The molecule has 0 bridgehead atoms. The maximum Gasteiger partial charge on any atom is 0.251 e. The van der Waals surface area contributed by atoms with E-state index in [-0.39, 0.29) is 11.3 Å². The van der Waals surface area contributed by atoms with Gasteiger partial charge in [-0.05, 0) is 42.5 Å². The highest BCUT2D eigenvalue weighted by Gasteiger charge is 2.35. The molecule has 6 heteroatoms. The Morgan fingerprint density at radius 3 is 2.25 bits per heavy atom. The molecule has 1 aliphatic rings. The minimum absolute atomic E-state index is 0.0359. The zero-order chi connectivity index (χ0) is 20.0. The molecule has 0 aromatic heterocycles. The van der Waals surface area contributed by atoms with Gasteiger partial charge in [0.05, 0.1) is 6.26 Å². The van der Waals surface area contributed by atoms with Gasteiger partial charge < -0.3 is 5.32 Å². The normalized spacial score (nSPS) is 16.0. The molecule has 0 aliphatic heterocycles. The smallest absolute Gasteiger partial charge is 0.251 e. The Morgan fingerprint density at radius 1 is 1.00 bits per heavy atom. The molecule has 5 nitrogen and oxygen atoms in total. The third-order valence-electron chi connectivity index (χ3n) is 5.53. The van der Waals surface area contributed by atoms with Crippen molar-refractivity contribution in [2.24, 2.45) is 0 Å². The van der Waals surface area contributed by atoms with Crippen LogP contribution in [0.2, 0.25) is 0 Å². The van der Waals surface area contributed by atoms with E-state index in [4.69, 9.17) is 0 Å². The van der Waals surface area contributed by atoms with E-state index < -0.39 is 10.0 Å². The zero-order valence-electron chi connectivity index (χ0n) is 16.3. The molecule has 2 N–H and O–H groups in total. The first-order chi connectivity index (χ1) is 13.4. The number of hydrogen-bond donors (Lipinski definition) is 2.